The lowest BCUT2D eigenvalue weighted by molar-refractivity contribution is -0.116. The van der Waals surface area contributed by atoms with Crippen LogP contribution in [0.25, 0.3) is 0 Å². The monoisotopic (exact) mass is 287 g/mol. The first-order chi connectivity index (χ1) is 10.0. The topological polar surface area (TPSA) is 99.8 Å². The van der Waals surface area contributed by atoms with Gasteiger partial charge in [-0.3, -0.25) is 9.59 Å². The van der Waals surface area contributed by atoms with Crippen molar-refractivity contribution in [3.05, 3.63) is 36.2 Å². The highest BCUT2D eigenvalue weighted by Crippen LogP contribution is 2.15. The molecule has 3 N–H and O–H groups in total. The third-order valence-electron chi connectivity index (χ3n) is 2.67. The molecule has 21 heavy (non-hydrogen) atoms. The Morgan fingerprint density at radius 2 is 1.76 bits per heavy atom. The number of anilines is 2. The number of hydrogen-bond acceptors (Lipinski definition) is 4. The Labute approximate surface area is 122 Å². The van der Waals surface area contributed by atoms with E-state index in [1.54, 1.807) is 24.3 Å². The first-order valence-corrected chi connectivity index (χ1v) is 6.61. The molecule has 0 radical (unpaired) electrons. The van der Waals surface area contributed by atoms with E-state index in [0.29, 0.717) is 23.7 Å². The highest BCUT2D eigenvalue weighted by molar-refractivity contribution is 6.02. The predicted molar refractivity (Wildman–Crippen MR) is 78.9 cm³/mol. The van der Waals surface area contributed by atoms with Crippen LogP contribution in [-0.4, -0.2) is 27.2 Å². The summed E-state index contributed by atoms with van der Waals surface area (Å²) in [5.41, 5.74) is 1.52. The summed E-state index contributed by atoms with van der Waals surface area (Å²) in [6, 6.07) is 6.89. The SMILES string of the molecule is CC(C)CC(=O)Nc1ccc(NC(=O)c2cn[nH]n2)cc1. The lowest BCUT2D eigenvalue weighted by Gasteiger charge is -2.08. The molecule has 0 bridgehead atoms. The molecule has 0 atom stereocenters. The van der Waals surface area contributed by atoms with Gasteiger partial charge in [0.05, 0.1) is 6.20 Å². The summed E-state index contributed by atoms with van der Waals surface area (Å²) in [5, 5.41) is 15.1. The number of aromatic amines is 1. The number of benzene rings is 1. The average Bonchev–Trinajstić information content (AvgIpc) is 2.94. The van der Waals surface area contributed by atoms with Crippen molar-refractivity contribution in [2.75, 3.05) is 10.6 Å². The van der Waals surface area contributed by atoms with E-state index in [4.69, 9.17) is 0 Å². The van der Waals surface area contributed by atoms with E-state index in [-0.39, 0.29) is 17.5 Å². The van der Waals surface area contributed by atoms with Gasteiger partial charge in [0.2, 0.25) is 5.91 Å². The maximum Gasteiger partial charge on any atom is 0.277 e. The lowest BCUT2D eigenvalue weighted by Crippen LogP contribution is -2.14. The summed E-state index contributed by atoms with van der Waals surface area (Å²) in [6.07, 6.45) is 1.82. The molecule has 7 nitrogen and oxygen atoms in total. The molecule has 0 aliphatic carbocycles. The second-order valence-electron chi connectivity index (χ2n) is 5.03. The lowest BCUT2D eigenvalue weighted by atomic mass is 10.1. The Kier molecular flexibility index (Phi) is 4.65. The Bertz CT molecular complexity index is 605. The fourth-order valence-corrected chi connectivity index (χ4v) is 1.73. The van der Waals surface area contributed by atoms with Crippen molar-refractivity contribution in [2.24, 2.45) is 5.92 Å². The molecule has 2 aromatic rings. The number of rotatable bonds is 5. The Balaban J connectivity index is 1.93. The van der Waals surface area contributed by atoms with Gasteiger partial charge in [-0.2, -0.15) is 15.4 Å². The van der Waals surface area contributed by atoms with Gasteiger partial charge in [0.1, 0.15) is 0 Å². The summed E-state index contributed by atoms with van der Waals surface area (Å²) < 4.78 is 0. The number of amides is 2. The van der Waals surface area contributed by atoms with Crippen LogP contribution in [0.15, 0.2) is 30.5 Å². The third-order valence-corrected chi connectivity index (χ3v) is 2.67. The van der Waals surface area contributed by atoms with Crippen LogP contribution in [-0.2, 0) is 4.79 Å². The predicted octanol–water partition coefficient (Wildman–Crippen LogP) is 2.04. The van der Waals surface area contributed by atoms with Crippen molar-refractivity contribution in [1.29, 1.82) is 0 Å². The molecule has 1 aromatic carbocycles. The van der Waals surface area contributed by atoms with Crippen molar-refractivity contribution in [2.45, 2.75) is 20.3 Å². The highest BCUT2D eigenvalue weighted by Gasteiger charge is 2.09. The zero-order valence-corrected chi connectivity index (χ0v) is 11.9. The van der Waals surface area contributed by atoms with Crippen LogP contribution in [0.5, 0.6) is 0 Å². The normalized spacial score (nSPS) is 10.4. The van der Waals surface area contributed by atoms with Gasteiger partial charge >= 0.3 is 0 Å². The Morgan fingerprint density at radius 1 is 1.14 bits per heavy atom. The fraction of sp³-hybridized carbons (Fsp3) is 0.286. The highest BCUT2D eigenvalue weighted by atomic mass is 16.2. The molecule has 110 valence electrons. The number of carbonyl (C=O) groups excluding carboxylic acids is 2. The van der Waals surface area contributed by atoms with E-state index >= 15 is 0 Å². The van der Waals surface area contributed by atoms with Crippen LogP contribution in [0.2, 0.25) is 0 Å². The standard InChI is InChI=1S/C14H17N5O2/c1-9(2)7-13(20)16-10-3-5-11(6-4-10)17-14(21)12-8-15-19-18-12/h3-6,8-9H,7H2,1-2H3,(H,16,20)(H,17,21)(H,15,18,19). The molecule has 1 aromatic heterocycles. The number of carbonyl (C=O) groups is 2. The van der Waals surface area contributed by atoms with Crippen molar-refractivity contribution in [3.8, 4) is 0 Å². The molecule has 0 fully saturated rings. The summed E-state index contributed by atoms with van der Waals surface area (Å²) in [5.74, 6) is -0.0595. The van der Waals surface area contributed by atoms with Gasteiger partial charge in [-0.15, -0.1) is 0 Å². The summed E-state index contributed by atoms with van der Waals surface area (Å²) in [4.78, 5) is 23.4. The van der Waals surface area contributed by atoms with E-state index in [9.17, 15) is 9.59 Å². The first-order valence-electron chi connectivity index (χ1n) is 6.61. The van der Waals surface area contributed by atoms with Gasteiger partial charge in [-0.05, 0) is 30.2 Å². The number of H-pyrrole nitrogens is 1. The first kappa shape index (κ1) is 14.7. The van der Waals surface area contributed by atoms with Gasteiger partial charge in [-0.25, -0.2) is 0 Å². The molecule has 1 heterocycles. The molecule has 7 heteroatoms. The summed E-state index contributed by atoms with van der Waals surface area (Å²) in [7, 11) is 0. The average molecular weight is 287 g/mol. The van der Waals surface area contributed by atoms with Crippen LogP contribution >= 0.6 is 0 Å². The van der Waals surface area contributed by atoms with Gasteiger partial charge in [0.15, 0.2) is 5.69 Å². The number of nitrogens with zero attached hydrogens (tertiary/aromatic N) is 2. The zero-order chi connectivity index (χ0) is 15.2. The van der Waals surface area contributed by atoms with E-state index in [1.165, 1.54) is 6.20 Å². The van der Waals surface area contributed by atoms with Crippen LogP contribution in [0.4, 0.5) is 11.4 Å². The number of aromatic nitrogens is 3. The molecule has 0 unspecified atom stereocenters. The van der Waals surface area contributed by atoms with Crippen LogP contribution in [0.3, 0.4) is 0 Å². The second-order valence-corrected chi connectivity index (χ2v) is 5.03. The Hall–Kier alpha value is -2.70. The molecule has 0 aliphatic rings. The molecular formula is C14H17N5O2. The zero-order valence-electron chi connectivity index (χ0n) is 11.9. The van der Waals surface area contributed by atoms with E-state index in [0.717, 1.165) is 0 Å². The van der Waals surface area contributed by atoms with Gasteiger partial charge in [0, 0.05) is 17.8 Å². The molecule has 0 saturated heterocycles. The minimum absolute atomic E-state index is 0.0237. The molecule has 2 rings (SSSR count). The maximum atomic E-state index is 11.8. The Morgan fingerprint density at radius 3 is 2.29 bits per heavy atom. The number of hydrogen-bond donors (Lipinski definition) is 3. The van der Waals surface area contributed by atoms with Gasteiger partial charge in [-0.1, -0.05) is 13.8 Å². The van der Waals surface area contributed by atoms with Crippen molar-refractivity contribution >= 4 is 23.2 Å². The molecule has 0 aliphatic heterocycles. The van der Waals surface area contributed by atoms with Crippen LogP contribution in [0.1, 0.15) is 30.8 Å². The number of nitrogens with one attached hydrogen (secondary N) is 3. The van der Waals surface area contributed by atoms with E-state index in [1.807, 2.05) is 13.8 Å². The van der Waals surface area contributed by atoms with Crippen molar-refractivity contribution < 1.29 is 9.59 Å². The second kappa shape index (κ2) is 6.65. The summed E-state index contributed by atoms with van der Waals surface area (Å²) in [6.45, 7) is 3.98. The van der Waals surface area contributed by atoms with Gasteiger partial charge in [0.25, 0.3) is 5.91 Å². The van der Waals surface area contributed by atoms with E-state index < -0.39 is 0 Å². The van der Waals surface area contributed by atoms with Crippen LogP contribution < -0.4 is 10.6 Å². The molecule has 0 spiro atoms. The minimum atomic E-state index is -0.347. The largest absolute Gasteiger partial charge is 0.326 e. The summed E-state index contributed by atoms with van der Waals surface area (Å²) >= 11 is 0. The third kappa shape index (κ3) is 4.41. The molecule has 0 saturated carbocycles. The van der Waals surface area contributed by atoms with Gasteiger partial charge < -0.3 is 10.6 Å². The maximum absolute atomic E-state index is 11.8. The molecule has 2 amide bonds. The van der Waals surface area contributed by atoms with Crippen LogP contribution in [0, 0.1) is 5.92 Å². The smallest absolute Gasteiger partial charge is 0.277 e. The fourth-order valence-electron chi connectivity index (χ4n) is 1.73. The quantitative estimate of drug-likeness (QED) is 0.783. The van der Waals surface area contributed by atoms with Crippen molar-refractivity contribution in [1.82, 2.24) is 15.4 Å². The van der Waals surface area contributed by atoms with Crippen molar-refractivity contribution in [3.63, 3.8) is 0 Å². The van der Waals surface area contributed by atoms with E-state index in [2.05, 4.69) is 26.0 Å². The minimum Gasteiger partial charge on any atom is -0.326 e. The molecular weight excluding hydrogens is 270 g/mol.